The molecule has 0 bridgehead atoms. The minimum atomic E-state index is 0.0751. The first-order valence-corrected chi connectivity index (χ1v) is 11.5. The molecule has 0 saturated carbocycles. The molecular weight excluding hydrogens is 406 g/mol. The lowest BCUT2D eigenvalue weighted by molar-refractivity contribution is -0.132. The highest BCUT2D eigenvalue weighted by molar-refractivity contribution is 7.80. The van der Waals surface area contributed by atoms with Crippen molar-refractivity contribution in [3.63, 3.8) is 0 Å². The molecule has 2 aliphatic heterocycles. The SMILES string of the molecule is COc1cccc(NC(=S)N2CCC3(CCN(C(=O)C4Cc5ccccc54)C3)CC2)c1. The van der Waals surface area contributed by atoms with Crippen LogP contribution >= 0.6 is 12.2 Å². The smallest absolute Gasteiger partial charge is 0.230 e. The molecule has 0 aromatic heterocycles. The van der Waals surface area contributed by atoms with Gasteiger partial charge in [-0.25, -0.2) is 0 Å². The summed E-state index contributed by atoms with van der Waals surface area (Å²) < 4.78 is 5.29. The van der Waals surface area contributed by atoms with Gasteiger partial charge in [0.05, 0.1) is 13.0 Å². The van der Waals surface area contributed by atoms with Gasteiger partial charge in [-0.05, 0) is 66.6 Å². The van der Waals surface area contributed by atoms with E-state index in [1.54, 1.807) is 7.11 Å². The zero-order valence-corrected chi connectivity index (χ0v) is 18.8. The zero-order valence-electron chi connectivity index (χ0n) is 18.0. The van der Waals surface area contributed by atoms with Gasteiger partial charge in [-0.1, -0.05) is 30.3 Å². The maximum atomic E-state index is 13.1. The van der Waals surface area contributed by atoms with Crippen molar-refractivity contribution in [1.82, 2.24) is 9.80 Å². The number of hydrogen-bond donors (Lipinski definition) is 1. The van der Waals surface area contributed by atoms with Crippen molar-refractivity contribution >= 4 is 28.9 Å². The van der Waals surface area contributed by atoms with Crippen molar-refractivity contribution in [3.8, 4) is 5.75 Å². The lowest BCUT2D eigenvalue weighted by atomic mass is 9.76. The summed E-state index contributed by atoms with van der Waals surface area (Å²) in [6.07, 6.45) is 4.17. The van der Waals surface area contributed by atoms with Gasteiger partial charge in [-0.3, -0.25) is 4.79 Å². The number of likely N-dealkylation sites (tertiary alicyclic amines) is 2. The van der Waals surface area contributed by atoms with Gasteiger partial charge >= 0.3 is 0 Å². The van der Waals surface area contributed by atoms with Crippen LogP contribution in [0.2, 0.25) is 0 Å². The van der Waals surface area contributed by atoms with Gasteiger partial charge < -0.3 is 19.9 Å². The number of ether oxygens (including phenoxy) is 1. The van der Waals surface area contributed by atoms with E-state index >= 15 is 0 Å². The fraction of sp³-hybridized carbons (Fsp3) is 0.440. The second-order valence-electron chi connectivity index (χ2n) is 9.11. The second-order valence-corrected chi connectivity index (χ2v) is 9.50. The Balaban J connectivity index is 1.15. The Hall–Kier alpha value is -2.60. The van der Waals surface area contributed by atoms with Crippen molar-refractivity contribution in [1.29, 1.82) is 0 Å². The third kappa shape index (κ3) is 3.89. The van der Waals surface area contributed by atoms with Crippen LogP contribution in [0.1, 0.15) is 36.3 Å². The number of carbonyl (C=O) groups is 1. The van der Waals surface area contributed by atoms with Gasteiger partial charge in [0.2, 0.25) is 5.91 Å². The average molecular weight is 436 g/mol. The Labute approximate surface area is 189 Å². The minimum absolute atomic E-state index is 0.0751. The predicted molar refractivity (Wildman–Crippen MR) is 127 cm³/mol. The number of rotatable bonds is 3. The topological polar surface area (TPSA) is 44.8 Å². The van der Waals surface area contributed by atoms with Crippen molar-refractivity contribution < 1.29 is 9.53 Å². The predicted octanol–water partition coefficient (Wildman–Crippen LogP) is 4.05. The van der Waals surface area contributed by atoms with Crippen LogP contribution < -0.4 is 10.1 Å². The molecule has 3 aliphatic rings. The molecule has 5 nitrogen and oxygen atoms in total. The molecule has 2 aromatic carbocycles. The fourth-order valence-corrected chi connectivity index (χ4v) is 5.62. The van der Waals surface area contributed by atoms with E-state index in [9.17, 15) is 4.79 Å². The Morgan fingerprint density at radius 2 is 1.81 bits per heavy atom. The Bertz CT molecular complexity index is 1000. The molecule has 2 fully saturated rings. The van der Waals surface area contributed by atoms with Crippen LogP contribution in [0.15, 0.2) is 48.5 Å². The molecule has 1 N–H and O–H groups in total. The number of anilines is 1. The molecule has 2 saturated heterocycles. The standard InChI is InChI=1S/C25H29N3O2S/c1-30-20-7-4-6-19(16-20)26-24(31)27-12-9-25(10-13-27)11-14-28(17-25)23(29)22-15-18-5-2-3-8-21(18)22/h2-8,16,22H,9-15,17H2,1H3,(H,26,31). The van der Waals surface area contributed by atoms with E-state index in [-0.39, 0.29) is 11.3 Å². The summed E-state index contributed by atoms with van der Waals surface area (Å²) in [6.45, 7) is 3.66. The van der Waals surface area contributed by atoms with Gasteiger partial charge in [0.25, 0.3) is 0 Å². The van der Waals surface area contributed by atoms with Crippen LogP contribution in [0.5, 0.6) is 5.75 Å². The normalized spacial score (nSPS) is 21.4. The van der Waals surface area contributed by atoms with E-state index in [0.29, 0.717) is 5.91 Å². The third-order valence-electron chi connectivity index (χ3n) is 7.33. The summed E-state index contributed by atoms with van der Waals surface area (Å²) in [5.41, 5.74) is 3.77. The molecule has 1 unspecified atom stereocenters. The Morgan fingerprint density at radius 1 is 1.06 bits per heavy atom. The molecule has 31 heavy (non-hydrogen) atoms. The average Bonchev–Trinajstić information content (AvgIpc) is 3.18. The summed E-state index contributed by atoms with van der Waals surface area (Å²) in [4.78, 5) is 17.5. The lowest BCUT2D eigenvalue weighted by Gasteiger charge is -2.40. The first-order valence-electron chi connectivity index (χ1n) is 11.1. The number of carbonyl (C=O) groups excluding carboxylic acids is 1. The van der Waals surface area contributed by atoms with Crippen LogP contribution in [0.4, 0.5) is 5.69 Å². The van der Waals surface area contributed by atoms with Crippen LogP contribution in [-0.4, -0.2) is 54.1 Å². The molecule has 1 spiro atoms. The molecule has 1 amide bonds. The van der Waals surface area contributed by atoms with Crippen LogP contribution in [0, 0.1) is 5.41 Å². The van der Waals surface area contributed by atoms with Crippen LogP contribution in [0.3, 0.4) is 0 Å². The van der Waals surface area contributed by atoms with Crippen molar-refractivity contribution in [2.45, 2.75) is 31.6 Å². The maximum Gasteiger partial charge on any atom is 0.230 e. The van der Waals surface area contributed by atoms with Crippen molar-refractivity contribution in [3.05, 3.63) is 59.7 Å². The van der Waals surface area contributed by atoms with Gasteiger partial charge in [0.1, 0.15) is 5.75 Å². The number of nitrogens with one attached hydrogen (secondary N) is 1. The second kappa shape index (κ2) is 8.15. The number of methoxy groups -OCH3 is 1. The minimum Gasteiger partial charge on any atom is -0.497 e. The maximum absolute atomic E-state index is 13.1. The molecule has 1 atom stereocenters. The summed E-state index contributed by atoms with van der Waals surface area (Å²) in [7, 11) is 1.67. The van der Waals surface area contributed by atoms with Crippen LogP contribution in [0.25, 0.3) is 0 Å². The Kier molecular flexibility index (Phi) is 5.34. The number of piperidine rings is 1. The zero-order chi connectivity index (χ0) is 21.4. The molecule has 1 aliphatic carbocycles. The number of amides is 1. The number of hydrogen-bond acceptors (Lipinski definition) is 3. The molecule has 162 valence electrons. The van der Waals surface area contributed by atoms with E-state index < -0.39 is 0 Å². The van der Waals surface area contributed by atoms with Gasteiger partial charge in [0, 0.05) is 37.9 Å². The number of benzene rings is 2. The largest absolute Gasteiger partial charge is 0.497 e. The summed E-state index contributed by atoms with van der Waals surface area (Å²) >= 11 is 5.67. The lowest BCUT2D eigenvalue weighted by Crippen LogP contribution is -2.46. The van der Waals surface area contributed by atoms with Gasteiger partial charge in [0.15, 0.2) is 5.11 Å². The van der Waals surface area contributed by atoms with E-state index in [4.69, 9.17) is 17.0 Å². The number of nitrogens with zero attached hydrogens (tertiary/aromatic N) is 2. The quantitative estimate of drug-likeness (QED) is 0.737. The van der Waals surface area contributed by atoms with Crippen molar-refractivity contribution in [2.75, 3.05) is 38.6 Å². The van der Waals surface area contributed by atoms with E-state index in [1.807, 2.05) is 30.3 Å². The summed E-state index contributed by atoms with van der Waals surface area (Å²) in [5, 5.41) is 4.11. The molecule has 2 aromatic rings. The summed E-state index contributed by atoms with van der Waals surface area (Å²) in [6, 6.07) is 16.2. The molecule has 5 rings (SSSR count). The summed E-state index contributed by atoms with van der Waals surface area (Å²) in [5.74, 6) is 1.22. The first kappa shape index (κ1) is 20.3. The monoisotopic (exact) mass is 435 g/mol. The van der Waals surface area contributed by atoms with Crippen molar-refractivity contribution in [2.24, 2.45) is 5.41 Å². The highest BCUT2D eigenvalue weighted by Gasteiger charge is 2.45. The molecular formula is C25H29N3O2S. The number of fused-ring (bicyclic) bond motifs is 1. The highest BCUT2D eigenvalue weighted by Crippen LogP contribution is 2.43. The number of thiocarbonyl (C=S) groups is 1. The van der Waals surface area contributed by atoms with Crippen LogP contribution in [-0.2, 0) is 11.2 Å². The first-order chi connectivity index (χ1) is 15.1. The van der Waals surface area contributed by atoms with E-state index in [0.717, 1.165) is 68.4 Å². The van der Waals surface area contributed by atoms with Gasteiger partial charge in [-0.15, -0.1) is 0 Å². The fourth-order valence-electron chi connectivity index (χ4n) is 5.32. The van der Waals surface area contributed by atoms with E-state index in [1.165, 1.54) is 11.1 Å². The highest BCUT2D eigenvalue weighted by atomic mass is 32.1. The molecule has 6 heteroatoms. The van der Waals surface area contributed by atoms with Gasteiger partial charge in [-0.2, -0.15) is 0 Å². The molecule has 0 radical (unpaired) electrons. The molecule has 2 heterocycles. The third-order valence-corrected chi connectivity index (χ3v) is 7.70. The Morgan fingerprint density at radius 3 is 2.55 bits per heavy atom. The van der Waals surface area contributed by atoms with E-state index in [2.05, 4.69) is 33.3 Å².